The standard InChI is InChI=1S/C12H15BrN2O4/c1-7-5-8(13)3-4-9(7)14-12(18)15-10(6-19-2)11(16)17/h3-5,10H,6H2,1-2H3,(H,16,17)(H2,14,15,18). The Balaban J connectivity index is 2.66. The minimum Gasteiger partial charge on any atom is -0.480 e. The van der Waals surface area contributed by atoms with Gasteiger partial charge in [-0.05, 0) is 30.7 Å². The smallest absolute Gasteiger partial charge is 0.328 e. The summed E-state index contributed by atoms with van der Waals surface area (Å²) in [5.74, 6) is -1.15. The first-order chi connectivity index (χ1) is 8.93. The van der Waals surface area contributed by atoms with Gasteiger partial charge in [0.15, 0.2) is 6.04 Å². The molecule has 19 heavy (non-hydrogen) atoms. The number of halogens is 1. The van der Waals surface area contributed by atoms with Crippen molar-refractivity contribution >= 4 is 33.6 Å². The van der Waals surface area contributed by atoms with Gasteiger partial charge in [0.1, 0.15) is 0 Å². The zero-order valence-corrected chi connectivity index (χ0v) is 12.2. The molecule has 7 heteroatoms. The van der Waals surface area contributed by atoms with E-state index in [1.165, 1.54) is 7.11 Å². The Bertz CT molecular complexity index is 479. The molecule has 2 amide bonds. The third-order valence-corrected chi connectivity index (χ3v) is 2.87. The van der Waals surface area contributed by atoms with Gasteiger partial charge in [0.2, 0.25) is 0 Å². The van der Waals surface area contributed by atoms with E-state index in [0.717, 1.165) is 10.0 Å². The zero-order chi connectivity index (χ0) is 14.4. The Morgan fingerprint density at radius 3 is 2.68 bits per heavy atom. The second-order valence-electron chi connectivity index (χ2n) is 3.90. The summed E-state index contributed by atoms with van der Waals surface area (Å²) in [7, 11) is 1.37. The van der Waals surface area contributed by atoms with E-state index in [1.807, 2.05) is 13.0 Å². The van der Waals surface area contributed by atoms with E-state index < -0.39 is 18.0 Å². The molecule has 3 N–H and O–H groups in total. The van der Waals surface area contributed by atoms with Gasteiger partial charge in [0, 0.05) is 17.3 Å². The van der Waals surface area contributed by atoms with Crippen LogP contribution in [0.2, 0.25) is 0 Å². The number of carboxylic acids is 1. The largest absolute Gasteiger partial charge is 0.480 e. The van der Waals surface area contributed by atoms with E-state index in [9.17, 15) is 9.59 Å². The summed E-state index contributed by atoms with van der Waals surface area (Å²) in [6, 6.07) is 3.69. The van der Waals surface area contributed by atoms with Crippen LogP contribution in [0.1, 0.15) is 5.56 Å². The number of carbonyl (C=O) groups is 2. The maximum atomic E-state index is 11.7. The van der Waals surface area contributed by atoms with Gasteiger partial charge in [-0.15, -0.1) is 0 Å². The molecule has 104 valence electrons. The molecule has 1 atom stereocenters. The van der Waals surface area contributed by atoms with E-state index in [4.69, 9.17) is 9.84 Å². The van der Waals surface area contributed by atoms with Crippen molar-refractivity contribution in [2.24, 2.45) is 0 Å². The zero-order valence-electron chi connectivity index (χ0n) is 10.6. The highest BCUT2D eigenvalue weighted by Gasteiger charge is 2.19. The molecule has 0 aliphatic heterocycles. The lowest BCUT2D eigenvalue weighted by Gasteiger charge is -2.15. The van der Waals surface area contributed by atoms with Crippen molar-refractivity contribution in [1.29, 1.82) is 0 Å². The van der Waals surface area contributed by atoms with Crippen molar-refractivity contribution < 1.29 is 19.4 Å². The van der Waals surface area contributed by atoms with Gasteiger partial charge in [-0.3, -0.25) is 0 Å². The van der Waals surface area contributed by atoms with Crippen molar-refractivity contribution in [3.8, 4) is 0 Å². The van der Waals surface area contributed by atoms with Crippen LogP contribution in [0.4, 0.5) is 10.5 Å². The maximum Gasteiger partial charge on any atom is 0.328 e. The summed E-state index contributed by atoms with van der Waals surface area (Å²) in [6.07, 6.45) is 0. The van der Waals surface area contributed by atoms with E-state index in [-0.39, 0.29) is 6.61 Å². The summed E-state index contributed by atoms with van der Waals surface area (Å²) >= 11 is 3.32. The first-order valence-corrected chi connectivity index (χ1v) is 6.28. The number of hydrogen-bond donors (Lipinski definition) is 3. The number of hydrogen-bond acceptors (Lipinski definition) is 3. The van der Waals surface area contributed by atoms with Crippen LogP contribution in [0.25, 0.3) is 0 Å². The molecule has 1 unspecified atom stereocenters. The molecule has 0 bridgehead atoms. The molecule has 1 aromatic carbocycles. The number of anilines is 1. The topological polar surface area (TPSA) is 87.7 Å². The molecule has 6 nitrogen and oxygen atoms in total. The molecule has 0 aliphatic carbocycles. The lowest BCUT2D eigenvalue weighted by molar-refractivity contribution is -0.140. The number of aryl methyl sites for hydroxylation is 1. The molecule has 1 rings (SSSR count). The molecule has 0 radical (unpaired) electrons. The number of rotatable bonds is 5. The summed E-state index contributed by atoms with van der Waals surface area (Å²) < 4.78 is 5.63. The second kappa shape index (κ2) is 7.10. The molecule has 0 aromatic heterocycles. The number of nitrogens with one attached hydrogen (secondary N) is 2. The van der Waals surface area contributed by atoms with E-state index >= 15 is 0 Å². The number of urea groups is 1. The number of benzene rings is 1. The summed E-state index contributed by atoms with van der Waals surface area (Å²) in [5.41, 5.74) is 1.48. The summed E-state index contributed by atoms with van der Waals surface area (Å²) in [5, 5.41) is 13.8. The fourth-order valence-corrected chi connectivity index (χ4v) is 1.90. The Morgan fingerprint density at radius 1 is 1.47 bits per heavy atom. The minimum atomic E-state index is -1.15. The third-order valence-electron chi connectivity index (χ3n) is 2.37. The predicted octanol–water partition coefficient (Wildman–Crippen LogP) is 1.98. The Kier molecular flexibility index (Phi) is 5.78. The van der Waals surface area contributed by atoms with Crippen LogP contribution < -0.4 is 10.6 Å². The van der Waals surface area contributed by atoms with Crippen LogP contribution in [0, 0.1) is 6.92 Å². The van der Waals surface area contributed by atoms with Crippen molar-refractivity contribution in [2.75, 3.05) is 19.0 Å². The number of methoxy groups -OCH3 is 1. The molecule has 0 saturated carbocycles. The number of carbonyl (C=O) groups excluding carboxylic acids is 1. The average molecular weight is 331 g/mol. The fourth-order valence-electron chi connectivity index (χ4n) is 1.43. The number of amides is 2. The summed E-state index contributed by atoms with van der Waals surface area (Å²) in [6.45, 7) is 1.74. The van der Waals surface area contributed by atoms with Gasteiger partial charge in [-0.25, -0.2) is 9.59 Å². The van der Waals surface area contributed by atoms with Gasteiger partial charge in [-0.2, -0.15) is 0 Å². The number of carboxylic acid groups (broad SMARTS) is 1. The molecule has 0 heterocycles. The van der Waals surface area contributed by atoms with Crippen molar-refractivity contribution in [2.45, 2.75) is 13.0 Å². The van der Waals surface area contributed by atoms with E-state index in [2.05, 4.69) is 26.6 Å². The molecule has 0 aliphatic rings. The third kappa shape index (κ3) is 4.88. The van der Waals surface area contributed by atoms with Crippen molar-refractivity contribution in [3.63, 3.8) is 0 Å². The maximum absolute atomic E-state index is 11.7. The highest BCUT2D eigenvalue weighted by molar-refractivity contribution is 9.10. The molecular weight excluding hydrogens is 316 g/mol. The monoisotopic (exact) mass is 330 g/mol. The van der Waals surface area contributed by atoms with Gasteiger partial charge in [0.05, 0.1) is 6.61 Å². The predicted molar refractivity (Wildman–Crippen MR) is 74.3 cm³/mol. The second-order valence-corrected chi connectivity index (χ2v) is 4.82. The van der Waals surface area contributed by atoms with Gasteiger partial charge in [0.25, 0.3) is 0 Å². The lowest BCUT2D eigenvalue weighted by atomic mass is 10.2. The van der Waals surface area contributed by atoms with E-state index in [1.54, 1.807) is 12.1 Å². The van der Waals surface area contributed by atoms with Crippen molar-refractivity contribution in [3.05, 3.63) is 28.2 Å². The molecule has 1 aromatic rings. The first kappa shape index (κ1) is 15.5. The van der Waals surface area contributed by atoms with Gasteiger partial charge >= 0.3 is 12.0 Å². The normalized spacial score (nSPS) is 11.7. The first-order valence-electron chi connectivity index (χ1n) is 5.49. The molecule has 0 fully saturated rings. The Labute approximate surface area is 119 Å². The Hall–Kier alpha value is -1.60. The summed E-state index contributed by atoms with van der Waals surface area (Å²) in [4.78, 5) is 22.5. The quantitative estimate of drug-likeness (QED) is 0.770. The van der Waals surface area contributed by atoms with Crippen molar-refractivity contribution in [1.82, 2.24) is 5.32 Å². The van der Waals surface area contributed by atoms with Gasteiger partial charge in [-0.1, -0.05) is 15.9 Å². The highest BCUT2D eigenvalue weighted by Crippen LogP contribution is 2.19. The van der Waals surface area contributed by atoms with Crippen LogP contribution in [-0.4, -0.2) is 36.9 Å². The Morgan fingerprint density at radius 2 is 2.16 bits per heavy atom. The van der Waals surface area contributed by atoms with E-state index in [0.29, 0.717) is 5.69 Å². The average Bonchev–Trinajstić information content (AvgIpc) is 2.32. The van der Waals surface area contributed by atoms with Gasteiger partial charge < -0.3 is 20.5 Å². The van der Waals surface area contributed by atoms with Crippen LogP contribution in [0.15, 0.2) is 22.7 Å². The minimum absolute atomic E-state index is 0.0952. The SMILES string of the molecule is COCC(NC(=O)Nc1ccc(Br)cc1C)C(=O)O. The fraction of sp³-hybridized carbons (Fsp3) is 0.333. The molecule has 0 spiro atoms. The van der Waals surface area contributed by atoms with Crippen LogP contribution in [0.5, 0.6) is 0 Å². The number of ether oxygens (including phenoxy) is 1. The molecular formula is C12H15BrN2O4. The number of aliphatic carboxylic acids is 1. The lowest BCUT2D eigenvalue weighted by Crippen LogP contribution is -2.45. The van der Waals surface area contributed by atoms with Crippen LogP contribution in [0.3, 0.4) is 0 Å². The highest BCUT2D eigenvalue weighted by atomic mass is 79.9. The van der Waals surface area contributed by atoms with Crippen LogP contribution >= 0.6 is 15.9 Å². The van der Waals surface area contributed by atoms with Crippen LogP contribution in [-0.2, 0) is 9.53 Å². The molecule has 0 saturated heterocycles.